The summed E-state index contributed by atoms with van der Waals surface area (Å²) in [5.74, 6) is 11.0. The standard InChI is InChI=1S/C27H29N7O3/c1-3-7-22(35)33-15-6-5-8-20(33)26-32-23(24(25(28)36)34(26)29)18-9-11-19(12-10-18)27(37)31-21-16-17(4-2)13-14-30-21/h9-14,16,20H,4-6,8,15,29H2,1-2H3,(H2,28,36)(H,30,31,37). The number of amides is 3. The number of aromatic nitrogens is 3. The van der Waals surface area contributed by atoms with E-state index in [9.17, 15) is 14.4 Å². The van der Waals surface area contributed by atoms with E-state index in [-0.39, 0.29) is 23.2 Å². The average molecular weight is 500 g/mol. The number of nitrogen functional groups attached to an aromatic ring is 1. The van der Waals surface area contributed by atoms with Crippen LogP contribution >= 0.6 is 0 Å². The normalized spacial score (nSPS) is 15.0. The van der Waals surface area contributed by atoms with Gasteiger partial charge in [-0.3, -0.25) is 14.4 Å². The second-order valence-corrected chi connectivity index (χ2v) is 8.72. The summed E-state index contributed by atoms with van der Waals surface area (Å²) < 4.78 is 1.17. The lowest BCUT2D eigenvalue weighted by Crippen LogP contribution is -2.40. The van der Waals surface area contributed by atoms with E-state index in [0.717, 1.165) is 24.8 Å². The smallest absolute Gasteiger partial charge is 0.299 e. The number of aryl methyl sites for hydroxylation is 1. The summed E-state index contributed by atoms with van der Waals surface area (Å²) in [7, 11) is 0. The maximum Gasteiger partial charge on any atom is 0.299 e. The van der Waals surface area contributed by atoms with Crippen molar-refractivity contribution in [1.82, 2.24) is 19.5 Å². The van der Waals surface area contributed by atoms with Crippen LogP contribution in [0.25, 0.3) is 11.3 Å². The van der Waals surface area contributed by atoms with E-state index >= 15 is 0 Å². The summed E-state index contributed by atoms with van der Waals surface area (Å²) in [5.41, 5.74) is 8.01. The molecule has 3 amide bonds. The van der Waals surface area contributed by atoms with Crippen LogP contribution in [0.2, 0.25) is 0 Å². The number of nitrogens with two attached hydrogens (primary N) is 2. The molecule has 5 N–H and O–H groups in total. The van der Waals surface area contributed by atoms with Crippen LogP contribution < -0.4 is 16.9 Å². The van der Waals surface area contributed by atoms with Gasteiger partial charge in [-0.05, 0) is 68.4 Å². The van der Waals surface area contributed by atoms with Gasteiger partial charge in [0.05, 0.1) is 6.04 Å². The third-order valence-corrected chi connectivity index (χ3v) is 6.36. The van der Waals surface area contributed by atoms with Gasteiger partial charge < -0.3 is 21.8 Å². The molecule has 37 heavy (non-hydrogen) atoms. The lowest BCUT2D eigenvalue weighted by molar-refractivity contribution is -0.129. The second kappa shape index (κ2) is 11.0. The molecule has 1 aromatic carbocycles. The van der Waals surface area contributed by atoms with Crippen LogP contribution in [0.3, 0.4) is 0 Å². The van der Waals surface area contributed by atoms with Gasteiger partial charge in [0.25, 0.3) is 17.7 Å². The topological polar surface area (TPSA) is 149 Å². The molecule has 3 heterocycles. The van der Waals surface area contributed by atoms with Crippen LogP contribution in [0, 0.1) is 11.8 Å². The van der Waals surface area contributed by atoms with E-state index in [2.05, 4.69) is 27.1 Å². The second-order valence-electron chi connectivity index (χ2n) is 8.72. The average Bonchev–Trinajstić information content (AvgIpc) is 3.26. The first-order chi connectivity index (χ1) is 17.8. The van der Waals surface area contributed by atoms with Crippen LogP contribution in [-0.4, -0.2) is 43.8 Å². The Bertz CT molecular complexity index is 1400. The molecule has 1 aliphatic rings. The van der Waals surface area contributed by atoms with Crippen LogP contribution in [0.5, 0.6) is 0 Å². The Hall–Kier alpha value is -4.65. The van der Waals surface area contributed by atoms with E-state index in [0.29, 0.717) is 35.7 Å². The van der Waals surface area contributed by atoms with Gasteiger partial charge in [0.2, 0.25) is 0 Å². The molecule has 10 nitrogen and oxygen atoms in total. The number of imidazole rings is 1. The van der Waals surface area contributed by atoms with Crippen molar-refractivity contribution in [2.75, 3.05) is 17.7 Å². The van der Waals surface area contributed by atoms with Gasteiger partial charge in [0.1, 0.15) is 11.5 Å². The molecule has 1 saturated heterocycles. The number of nitrogens with one attached hydrogen (secondary N) is 1. The molecule has 3 aromatic rings. The highest BCUT2D eigenvalue weighted by Crippen LogP contribution is 2.33. The number of pyridine rings is 1. The van der Waals surface area contributed by atoms with Gasteiger partial charge in [0, 0.05) is 23.9 Å². The third kappa shape index (κ3) is 5.30. The van der Waals surface area contributed by atoms with Crippen molar-refractivity contribution >= 4 is 23.5 Å². The Morgan fingerprint density at radius 1 is 1.16 bits per heavy atom. The molecule has 0 radical (unpaired) electrons. The summed E-state index contributed by atoms with van der Waals surface area (Å²) in [5, 5.41) is 2.79. The third-order valence-electron chi connectivity index (χ3n) is 6.36. The molecule has 0 bridgehead atoms. The molecule has 2 aromatic heterocycles. The van der Waals surface area contributed by atoms with Gasteiger partial charge >= 0.3 is 0 Å². The molecule has 1 unspecified atom stereocenters. The first kappa shape index (κ1) is 25.4. The first-order valence-corrected chi connectivity index (χ1v) is 12.1. The van der Waals surface area contributed by atoms with E-state index in [1.165, 1.54) is 4.68 Å². The number of anilines is 1. The number of likely N-dealkylation sites (tertiary alicyclic amines) is 1. The quantitative estimate of drug-likeness (QED) is 0.351. The number of carbonyl (C=O) groups is 3. The number of benzene rings is 1. The number of primary amides is 1. The lowest BCUT2D eigenvalue weighted by Gasteiger charge is -2.33. The zero-order chi connectivity index (χ0) is 26.5. The minimum Gasteiger partial charge on any atom is -0.364 e. The highest BCUT2D eigenvalue weighted by atomic mass is 16.2. The van der Waals surface area contributed by atoms with Crippen molar-refractivity contribution in [2.24, 2.45) is 5.73 Å². The van der Waals surface area contributed by atoms with Crippen LogP contribution in [0.4, 0.5) is 5.82 Å². The Morgan fingerprint density at radius 2 is 1.92 bits per heavy atom. The van der Waals surface area contributed by atoms with Gasteiger partial charge in [-0.15, -0.1) is 0 Å². The predicted molar refractivity (Wildman–Crippen MR) is 140 cm³/mol. The fourth-order valence-electron chi connectivity index (χ4n) is 4.47. The monoisotopic (exact) mass is 499 g/mol. The molecule has 1 fully saturated rings. The molecule has 0 aliphatic carbocycles. The van der Waals surface area contributed by atoms with Crippen LogP contribution in [-0.2, 0) is 11.2 Å². The summed E-state index contributed by atoms with van der Waals surface area (Å²) >= 11 is 0. The highest BCUT2D eigenvalue weighted by molar-refractivity contribution is 6.04. The van der Waals surface area contributed by atoms with Gasteiger partial charge in [-0.2, -0.15) is 0 Å². The van der Waals surface area contributed by atoms with Crippen molar-refractivity contribution in [2.45, 2.75) is 45.6 Å². The molecule has 0 spiro atoms. The van der Waals surface area contributed by atoms with Gasteiger partial charge in [0.15, 0.2) is 11.5 Å². The number of hydrogen-bond donors (Lipinski definition) is 3. The number of rotatable bonds is 6. The number of piperidine rings is 1. The van der Waals surface area contributed by atoms with E-state index in [1.807, 2.05) is 19.1 Å². The van der Waals surface area contributed by atoms with Crippen molar-refractivity contribution in [3.8, 4) is 23.1 Å². The van der Waals surface area contributed by atoms with Crippen LogP contribution in [0.1, 0.15) is 71.4 Å². The highest BCUT2D eigenvalue weighted by Gasteiger charge is 2.33. The first-order valence-electron chi connectivity index (χ1n) is 12.1. The molecular formula is C27H29N7O3. The van der Waals surface area contributed by atoms with Crippen molar-refractivity contribution in [3.05, 3.63) is 65.2 Å². The van der Waals surface area contributed by atoms with E-state index in [1.54, 1.807) is 42.3 Å². The predicted octanol–water partition coefficient (Wildman–Crippen LogP) is 2.65. The molecule has 1 atom stereocenters. The number of hydrogen-bond acceptors (Lipinski definition) is 6. The Balaban J connectivity index is 1.64. The largest absolute Gasteiger partial charge is 0.364 e. The molecule has 4 rings (SSSR count). The zero-order valence-corrected chi connectivity index (χ0v) is 20.8. The number of nitrogens with zero attached hydrogens (tertiary/aromatic N) is 4. The number of carbonyl (C=O) groups excluding carboxylic acids is 3. The van der Waals surface area contributed by atoms with Crippen LogP contribution in [0.15, 0.2) is 42.6 Å². The molecule has 0 saturated carbocycles. The minimum atomic E-state index is -0.748. The maximum absolute atomic E-state index is 12.7. The van der Waals surface area contributed by atoms with E-state index < -0.39 is 11.9 Å². The summed E-state index contributed by atoms with van der Waals surface area (Å²) in [6.07, 6.45) is 4.84. The molecular weight excluding hydrogens is 470 g/mol. The van der Waals surface area contributed by atoms with Crippen molar-refractivity contribution in [3.63, 3.8) is 0 Å². The summed E-state index contributed by atoms with van der Waals surface area (Å²) in [6.45, 7) is 4.15. The molecule has 10 heteroatoms. The van der Waals surface area contributed by atoms with Gasteiger partial charge in [-0.25, -0.2) is 14.6 Å². The summed E-state index contributed by atoms with van der Waals surface area (Å²) in [4.78, 5) is 48.2. The minimum absolute atomic E-state index is 0.0207. The molecule has 190 valence electrons. The van der Waals surface area contributed by atoms with Gasteiger partial charge in [-0.1, -0.05) is 25.0 Å². The summed E-state index contributed by atoms with van der Waals surface area (Å²) in [6, 6.07) is 9.89. The van der Waals surface area contributed by atoms with Crippen molar-refractivity contribution in [1.29, 1.82) is 0 Å². The fourth-order valence-corrected chi connectivity index (χ4v) is 4.47. The lowest BCUT2D eigenvalue weighted by atomic mass is 10.0. The van der Waals surface area contributed by atoms with Crippen molar-refractivity contribution < 1.29 is 14.4 Å². The Kier molecular flexibility index (Phi) is 7.53. The maximum atomic E-state index is 12.7. The fraction of sp³-hybridized carbons (Fsp3) is 0.296. The SMILES string of the molecule is CC#CC(=O)N1CCCCC1c1nc(-c2ccc(C(=O)Nc3cc(CC)ccn3)cc2)c(C(N)=O)n1N. The Morgan fingerprint density at radius 3 is 2.59 bits per heavy atom. The van der Waals surface area contributed by atoms with E-state index in [4.69, 9.17) is 11.6 Å². The zero-order valence-electron chi connectivity index (χ0n) is 20.8. The Labute approximate surface area is 215 Å². The molecule has 1 aliphatic heterocycles.